The highest BCUT2D eigenvalue weighted by atomic mass is 35.5. The van der Waals surface area contributed by atoms with Crippen molar-refractivity contribution in [2.75, 3.05) is 14.2 Å². The first-order chi connectivity index (χ1) is 53.0. The molecule has 0 amide bonds. The van der Waals surface area contributed by atoms with Crippen molar-refractivity contribution in [2.24, 2.45) is 0 Å². The lowest BCUT2D eigenvalue weighted by molar-refractivity contribution is -0.394. The van der Waals surface area contributed by atoms with Crippen LogP contribution in [-0.2, 0) is 0 Å². The third kappa shape index (κ3) is 39.4. The molecule has 0 atom stereocenters. The number of aromatic nitrogens is 4. The number of rotatable bonds is 14. The Kier molecular flexibility index (Phi) is 53.6. The lowest BCUT2D eigenvalue weighted by Crippen LogP contribution is -2.32. The molecule has 0 saturated heterocycles. The Morgan fingerprint density at radius 2 is 0.991 bits per heavy atom. The molecular formula is C66H75B10ClF2N8O29. The summed E-state index contributed by atoms with van der Waals surface area (Å²) < 4.78 is 35.3. The molecule has 9 aromatic carbocycles. The average molecular weight is 1630 g/mol. The summed E-state index contributed by atoms with van der Waals surface area (Å²) in [5.74, 6) is -1.36. The predicted molar refractivity (Wildman–Crippen MR) is 435 cm³/mol. The van der Waals surface area contributed by atoms with Gasteiger partial charge in [0.15, 0.2) is 17.3 Å². The number of aromatic hydroxyl groups is 3. The van der Waals surface area contributed by atoms with Gasteiger partial charge in [0.05, 0.1) is 54.1 Å². The van der Waals surface area contributed by atoms with Crippen molar-refractivity contribution < 1.29 is 146 Å². The summed E-state index contributed by atoms with van der Waals surface area (Å²) in [4.78, 5) is 28.8. The summed E-state index contributed by atoms with van der Waals surface area (Å²) in [5.41, 5.74) is 8.62. The van der Waals surface area contributed by atoms with Crippen molar-refractivity contribution in [3.63, 3.8) is 0 Å². The van der Waals surface area contributed by atoms with Gasteiger partial charge in [-0.3, -0.25) is 15.2 Å². The van der Waals surface area contributed by atoms with Crippen LogP contribution >= 0.6 is 11.6 Å². The minimum Gasteiger partial charge on any atom is -0.508 e. The van der Waals surface area contributed by atoms with E-state index in [1.807, 2.05) is 57.2 Å². The Bertz CT molecular complexity index is 4680. The van der Waals surface area contributed by atoms with E-state index in [9.17, 15) is 29.0 Å². The van der Waals surface area contributed by atoms with Crippen LogP contribution in [0.2, 0.25) is 5.02 Å². The number of aryl methyl sites for hydroxylation is 3. The van der Waals surface area contributed by atoms with Crippen molar-refractivity contribution in [1.82, 2.24) is 20.2 Å². The number of hydrogen-bond acceptors (Lipinski definition) is 29. The van der Waals surface area contributed by atoms with E-state index >= 15 is 0 Å². The van der Waals surface area contributed by atoms with E-state index in [4.69, 9.17) is 129 Å². The molecule has 0 aliphatic heterocycles. The van der Waals surface area contributed by atoms with Crippen LogP contribution in [0.15, 0.2) is 195 Å². The number of nitrogens with one attached hydrogen (secondary N) is 1. The number of aromatic amines is 1. The molecule has 0 aliphatic rings. The second-order valence-corrected chi connectivity index (χ2v) is 22.3. The molecule has 28 N–H and O–H groups in total. The SMILES string of the molecule is COc1c(C)cc([B]O)cc1C.COc1ccc(B(O)O)cc1C.N#Cc1cccc(B(O)O)c1.O.O.O.O.O=[N+]([O-])c1ccc([B]O)cc1.O=[N+]([O-])c1ncc([B]O)cn1.OB(O)c1ccc(O)c(Cl)c1.OB(O)c1ccc(O)c(F)c1.OB(O)c1ccc(O)cc1F.O[B]c1ccc2[nH]ncc2c1.[C-]#[N+]c1ccc(B(O)O)cc1. The fourth-order valence-electron chi connectivity index (χ4n) is 8.24. The molecule has 116 heavy (non-hydrogen) atoms. The lowest BCUT2D eigenvalue weighted by atomic mass is 9.79. The Morgan fingerprint density at radius 1 is 0.509 bits per heavy atom. The maximum Gasteiger partial charge on any atom is 0.491 e. The van der Waals surface area contributed by atoms with Crippen LogP contribution in [0.4, 0.5) is 26.1 Å². The lowest BCUT2D eigenvalue weighted by Gasteiger charge is -2.09. The zero-order chi connectivity index (χ0) is 84.3. The number of nitrogens with zero attached hydrogens (tertiary/aromatic N) is 7. The molecule has 0 saturated carbocycles. The summed E-state index contributed by atoms with van der Waals surface area (Å²) in [7, 11) is -2.38. The van der Waals surface area contributed by atoms with Crippen LogP contribution in [0.1, 0.15) is 22.3 Å². The van der Waals surface area contributed by atoms with Gasteiger partial charge in [0.2, 0.25) is 0 Å². The molecule has 2 aromatic heterocycles. The van der Waals surface area contributed by atoms with Crippen molar-refractivity contribution in [3.05, 3.63) is 265 Å². The van der Waals surface area contributed by atoms with E-state index < -0.39 is 75.9 Å². The molecule has 0 unspecified atom stereocenters. The Labute approximate surface area is 670 Å². The van der Waals surface area contributed by atoms with Crippen LogP contribution < -0.4 is 64.1 Å². The fraction of sp³-hybridized carbons (Fsp3) is 0.0758. The molecule has 4 radical (unpaired) electrons. The molecule has 604 valence electrons. The highest BCUT2D eigenvalue weighted by molar-refractivity contribution is 6.60. The fourth-order valence-corrected chi connectivity index (χ4v) is 8.43. The van der Waals surface area contributed by atoms with Gasteiger partial charge in [-0.15, -0.1) is 0 Å². The van der Waals surface area contributed by atoms with Gasteiger partial charge in [-0.2, -0.15) is 10.4 Å². The van der Waals surface area contributed by atoms with E-state index in [1.54, 1.807) is 68.9 Å². The standard InChI is InChI=1S/C9H12BO2.C8H11BO3.C7H6BN2O.2C7H6BNO2.C6H6BClO3.2C6H6BFO3.C6H5BNO3.C4H3BN3O3.4H2O/c1-6-4-8(10-11)5-7(2)9(6)12-3;1-6-5-7(9(10)11)3-4-8(6)12-2;11-8-6-1-2-7-5(3-6)4-9-10-7;1-9-7-4-2-6(3-5-7)8(10)11;9-5-6-2-1-3-7(4-6)8(10)11;2*8-5-3-4(7(10)11)1-2-6(5)9;8-6-3-4(9)1-2-5(6)7(10)11;9-7-5-1-3-6(4-2-5)8(10)11;9-5-3-1-6-4(7-2-3)8(10)11;;;;/h4-5,11H,1-3H3;3-5,10-11H,1-2H3;1-4,11H,(H,9,10);2-5,10-11H;1-4,10-11H;3*1-3,9-11H;1-4,9H;1-2,9H;4*1H2. The minimum absolute atomic E-state index is 0. The largest absolute Gasteiger partial charge is 0.508 e. The molecule has 37 nitrogen and oxygen atoms in total. The second kappa shape index (κ2) is 57.4. The van der Waals surface area contributed by atoms with Crippen LogP contribution in [0.25, 0.3) is 15.7 Å². The van der Waals surface area contributed by atoms with Gasteiger partial charge in [0, 0.05) is 34.5 Å². The van der Waals surface area contributed by atoms with Gasteiger partial charge in [-0.1, -0.05) is 141 Å². The van der Waals surface area contributed by atoms with E-state index in [1.165, 1.54) is 72.8 Å². The van der Waals surface area contributed by atoms with Crippen molar-refractivity contribution in [1.29, 1.82) is 5.26 Å². The van der Waals surface area contributed by atoms with Gasteiger partial charge in [0.25, 0.3) is 5.69 Å². The van der Waals surface area contributed by atoms with Gasteiger partial charge < -0.3 is 137 Å². The van der Waals surface area contributed by atoms with Gasteiger partial charge in [-0.05, 0) is 124 Å². The minimum atomic E-state index is -1.84. The number of benzene rings is 9. The topological polar surface area (TPSA) is 698 Å². The first kappa shape index (κ1) is 108. The molecule has 50 heteroatoms. The van der Waals surface area contributed by atoms with Crippen molar-refractivity contribution in [2.45, 2.75) is 20.8 Å². The van der Waals surface area contributed by atoms with Crippen LogP contribution in [0.3, 0.4) is 0 Å². The summed E-state index contributed by atoms with van der Waals surface area (Å²) in [6.45, 7) is 12.4. The number of nitriles is 1. The first-order valence-electron chi connectivity index (χ1n) is 31.4. The highest BCUT2D eigenvalue weighted by Crippen LogP contribution is 2.22. The number of halogens is 3. The van der Waals surface area contributed by atoms with E-state index in [0.29, 0.717) is 38.6 Å². The molecule has 0 fully saturated rings. The maximum absolute atomic E-state index is 12.6. The van der Waals surface area contributed by atoms with Crippen LogP contribution in [0, 0.1) is 70.5 Å². The smallest absolute Gasteiger partial charge is 0.491 e. The summed E-state index contributed by atoms with van der Waals surface area (Å²) in [5, 5.41) is 201. The Hall–Kier alpha value is -11.7. The van der Waals surface area contributed by atoms with Crippen molar-refractivity contribution >= 4 is 167 Å². The number of phenols is 3. The third-order valence-corrected chi connectivity index (χ3v) is 14.1. The monoisotopic (exact) mass is 1630 g/mol. The first-order valence-corrected chi connectivity index (χ1v) is 31.8. The summed E-state index contributed by atoms with van der Waals surface area (Å²) in [6, 6.07) is 44.4. The number of H-pyrrole nitrogens is 1. The van der Waals surface area contributed by atoms with E-state index in [-0.39, 0.29) is 60.5 Å². The quantitative estimate of drug-likeness (QED) is 0.0208. The Balaban J connectivity index is -0.00000122. The number of ether oxygens (including phenoxy) is 2. The number of non-ortho nitro benzene ring substituents is 1. The van der Waals surface area contributed by atoms with Gasteiger partial charge in [-0.25, -0.2) is 13.6 Å². The number of fused-ring (bicyclic) bond motifs is 1. The molecule has 0 aliphatic carbocycles. The molecular weight excluding hydrogens is 1550 g/mol. The second-order valence-electron chi connectivity index (χ2n) is 21.9. The number of nitro groups is 2. The van der Waals surface area contributed by atoms with Crippen LogP contribution in [0.5, 0.6) is 28.7 Å². The van der Waals surface area contributed by atoms with Gasteiger partial charge >= 0.3 is 78.6 Å². The Morgan fingerprint density at radius 3 is 1.42 bits per heavy atom. The summed E-state index contributed by atoms with van der Waals surface area (Å²) in [6.07, 6.45) is 4.04. The molecule has 11 rings (SSSR count). The normalized spacial score (nSPS) is 9.16. The highest BCUT2D eigenvalue weighted by Gasteiger charge is 2.18. The average Bonchev–Trinajstić information content (AvgIpc) is 1.21. The summed E-state index contributed by atoms with van der Waals surface area (Å²) >= 11 is 5.49. The number of hydrogen-bond donors (Lipinski definition) is 20. The van der Waals surface area contributed by atoms with Crippen LogP contribution in [-0.4, -0.2) is 234 Å². The van der Waals surface area contributed by atoms with E-state index in [2.05, 4.69) is 25.0 Å². The number of methoxy groups -OCH3 is 2. The number of phenolic OH excluding ortho intramolecular Hbond substituents is 3. The molecule has 0 spiro atoms. The predicted octanol–water partition coefficient (Wildman–Crippen LogP) is -7.51. The third-order valence-electron chi connectivity index (χ3n) is 13.8. The van der Waals surface area contributed by atoms with Gasteiger partial charge in [0.1, 0.15) is 41.2 Å². The molecule has 0 bridgehead atoms. The zero-order valence-electron chi connectivity index (χ0n) is 61.5. The molecule has 2 heterocycles. The van der Waals surface area contributed by atoms with Crippen molar-refractivity contribution in [3.8, 4) is 34.8 Å². The molecule has 11 aromatic rings. The number of nitro benzene ring substituents is 1. The van der Waals surface area contributed by atoms with E-state index in [0.717, 1.165) is 117 Å². The zero-order valence-corrected chi connectivity index (χ0v) is 62.2. The maximum atomic E-state index is 12.6.